The summed E-state index contributed by atoms with van der Waals surface area (Å²) in [5.41, 5.74) is 6.24. The highest BCUT2D eigenvalue weighted by molar-refractivity contribution is 6.68. The van der Waals surface area contributed by atoms with Crippen LogP contribution in [0.3, 0.4) is 0 Å². The number of fused-ring (bicyclic) bond motifs is 5. The summed E-state index contributed by atoms with van der Waals surface area (Å²) in [6.45, 7) is 3.93. The Hall–Kier alpha value is -1.70. The van der Waals surface area contributed by atoms with Crippen molar-refractivity contribution in [1.29, 1.82) is 0 Å². The number of ether oxygens (including phenoxy) is 3. The number of anilines is 1. The quantitative estimate of drug-likeness (QED) is 0.369. The van der Waals surface area contributed by atoms with E-state index in [1.165, 1.54) is 5.56 Å². The van der Waals surface area contributed by atoms with Crippen LogP contribution in [-0.4, -0.2) is 59.7 Å². The van der Waals surface area contributed by atoms with Crippen LogP contribution in [0.15, 0.2) is 24.3 Å². The van der Waals surface area contributed by atoms with Crippen molar-refractivity contribution in [1.82, 2.24) is 9.32 Å². The van der Waals surface area contributed by atoms with Gasteiger partial charge in [-0.05, 0) is 53.6 Å². The third kappa shape index (κ3) is 3.66. The molecule has 0 aliphatic carbocycles. The molecule has 0 N–H and O–H groups in total. The fourth-order valence-electron chi connectivity index (χ4n) is 5.43. The number of rotatable bonds is 2. The third-order valence-corrected chi connectivity index (χ3v) is 7.93. The lowest BCUT2D eigenvalue weighted by Gasteiger charge is -2.47. The molecule has 2 aromatic carbocycles. The van der Waals surface area contributed by atoms with Crippen molar-refractivity contribution in [2.75, 3.05) is 51.5 Å². The standard InChI is InChI=1S/C24H23Cl4N3O3/c1-32-18-3-2-15-10-17-16-12-20-19(33-13-34-20)11-14(16)4-5-31(17)23(24(25,26)27)21(15)22(18)29-6-8-30(28)9-7-29/h2-3,10-12,23H,4-9,13H2,1H3/t23-/m1/s1. The molecule has 0 aromatic heterocycles. The smallest absolute Gasteiger partial charge is 0.231 e. The van der Waals surface area contributed by atoms with Gasteiger partial charge in [0, 0.05) is 49.5 Å². The minimum absolute atomic E-state index is 0.235. The molecule has 0 unspecified atom stereocenters. The minimum Gasteiger partial charge on any atom is -0.495 e. The monoisotopic (exact) mass is 541 g/mol. The number of methoxy groups -OCH3 is 1. The van der Waals surface area contributed by atoms with E-state index in [1.54, 1.807) is 11.5 Å². The molecule has 2 aromatic rings. The normalized spacial score (nSPS) is 21.6. The Balaban J connectivity index is 1.55. The van der Waals surface area contributed by atoms with Crippen molar-refractivity contribution in [3.05, 3.63) is 46.5 Å². The van der Waals surface area contributed by atoms with E-state index in [4.69, 9.17) is 60.8 Å². The van der Waals surface area contributed by atoms with E-state index in [2.05, 4.69) is 21.9 Å². The summed E-state index contributed by atoms with van der Waals surface area (Å²) >= 11 is 26.5. The van der Waals surface area contributed by atoms with Crippen LogP contribution in [-0.2, 0) is 6.42 Å². The first-order valence-electron chi connectivity index (χ1n) is 11.2. The molecule has 6 rings (SSSR count). The van der Waals surface area contributed by atoms with E-state index >= 15 is 0 Å². The van der Waals surface area contributed by atoms with Gasteiger partial charge in [-0.15, -0.1) is 0 Å². The zero-order valence-corrected chi connectivity index (χ0v) is 21.5. The summed E-state index contributed by atoms with van der Waals surface area (Å²) in [6.07, 6.45) is 2.99. The van der Waals surface area contributed by atoms with Crippen molar-refractivity contribution in [3.8, 4) is 17.2 Å². The van der Waals surface area contributed by atoms with Crippen molar-refractivity contribution >= 4 is 64.0 Å². The first kappa shape index (κ1) is 22.7. The van der Waals surface area contributed by atoms with Gasteiger partial charge in [-0.3, -0.25) is 0 Å². The van der Waals surface area contributed by atoms with Gasteiger partial charge in [0.25, 0.3) is 0 Å². The molecule has 1 atom stereocenters. The Bertz CT molecular complexity index is 1180. The topological polar surface area (TPSA) is 37.4 Å². The van der Waals surface area contributed by atoms with Crippen LogP contribution < -0.4 is 19.1 Å². The van der Waals surface area contributed by atoms with Gasteiger partial charge in [0.1, 0.15) is 11.8 Å². The van der Waals surface area contributed by atoms with Gasteiger partial charge in [0.2, 0.25) is 10.6 Å². The average molecular weight is 543 g/mol. The fourth-order valence-corrected chi connectivity index (χ4v) is 6.26. The van der Waals surface area contributed by atoms with Gasteiger partial charge in [0.15, 0.2) is 11.5 Å². The van der Waals surface area contributed by atoms with Crippen LogP contribution in [0.25, 0.3) is 11.8 Å². The maximum atomic E-state index is 6.74. The summed E-state index contributed by atoms with van der Waals surface area (Å²) in [6, 6.07) is 7.66. The Morgan fingerprint density at radius 1 is 1.00 bits per heavy atom. The third-order valence-electron chi connectivity index (χ3n) is 6.97. The van der Waals surface area contributed by atoms with Gasteiger partial charge in [-0.1, -0.05) is 40.9 Å². The molecule has 0 bridgehead atoms. The van der Waals surface area contributed by atoms with Crippen molar-refractivity contribution in [2.45, 2.75) is 16.3 Å². The number of nitrogens with zero attached hydrogens (tertiary/aromatic N) is 3. The highest BCUT2D eigenvalue weighted by Crippen LogP contribution is 2.56. The van der Waals surface area contributed by atoms with Crippen molar-refractivity contribution < 1.29 is 14.2 Å². The molecule has 10 heteroatoms. The van der Waals surface area contributed by atoms with Gasteiger partial charge in [-0.2, -0.15) is 0 Å². The van der Waals surface area contributed by atoms with E-state index in [-0.39, 0.29) is 6.79 Å². The zero-order valence-electron chi connectivity index (χ0n) is 18.5. The van der Waals surface area contributed by atoms with Gasteiger partial charge in [0.05, 0.1) is 12.8 Å². The van der Waals surface area contributed by atoms with Crippen LogP contribution in [0.5, 0.6) is 17.2 Å². The van der Waals surface area contributed by atoms with Crippen LogP contribution in [0, 0.1) is 0 Å². The number of piperazine rings is 1. The molecule has 0 saturated carbocycles. The molecule has 0 radical (unpaired) electrons. The maximum Gasteiger partial charge on any atom is 0.231 e. The molecule has 4 aliphatic heterocycles. The molecular weight excluding hydrogens is 520 g/mol. The largest absolute Gasteiger partial charge is 0.495 e. The second-order valence-electron chi connectivity index (χ2n) is 8.80. The fraction of sp³-hybridized carbons (Fsp3) is 0.417. The number of benzene rings is 2. The first-order chi connectivity index (χ1) is 16.3. The molecule has 180 valence electrons. The lowest BCUT2D eigenvalue weighted by atomic mass is 9.85. The zero-order chi connectivity index (χ0) is 23.6. The first-order valence-corrected chi connectivity index (χ1v) is 12.7. The Labute approximate surface area is 218 Å². The maximum absolute atomic E-state index is 6.74. The highest BCUT2D eigenvalue weighted by Gasteiger charge is 2.46. The number of hydrogen-bond acceptors (Lipinski definition) is 6. The molecule has 0 amide bonds. The van der Waals surface area contributed by atoms with Crippen LogP contribution in [0.2, 0.25) is 0 Å². The number of halogens is 4. The van der Waals surface area contributed by atoms with E-state index in [9.17, 15) is 0 Å². The van der Waals surface area contributed by atoms with Crippen molar-refractivity contribution in [2.24, 2.45) is 0 Å². The van der Waals surface area contributed by atoms with E-state index in [1.807, 2.05) is 18.2 Å². The molecule has 6 nitrogen and oxygen atoms in total. The number of hydrogen-bond donors (Lipinski definition) is 0. The summed E-state index contributed by atoms with van der Waals surface area (Å²) in [5, 5.41) is 0. The van der Waals surface area contributed by atoms with Gasteiger partial charge >= 0.3 is 0 Å². The van der Waals surface area contributed by atoms with Crippen LogP contribution in [0.4, 0.5) is 5.69 Å². The SMILES string of the molecule is COc1ccc2c(c1N1CCN(Cl)CC1)[C@H](C(Cl)(Cl)Cl)N1CCc3cc4c(cc3C1=C2)OCO4. The summed E-state index contributed by atoms with van der Waals surface area (Å²) in [7, 11) is 1.68. The molecule has 1 saturated heterocycles. The van der Waals surface area contributed by atoms with Crippen LogP contribution >= 0.6 is 46.6 Å². The Kier molecular flexibility index (Phi) is 5.66. The molecular formula is C24H23Cl4N3O3. The van der Waals surface area contributed by atoms with E-state index < -0.39 is 9.83 Å². The molecule has 0 spiro atoms. The summed E-state index contributed by atoms with van der Waals surface area (Å²) in [5.74, 6) is 2.29. The Morgan fingerprint density at radius 2 is 1.74 bits per heavy atom. The predicted octanol–water partition coefficient (Wildman–Crippen LogP) is 5.48. The second-order valence-corrected chi connectivity index (χ2v) is 11.6. The second kappa shape index (κ2) is 8.45. The number of alkyl halides is 3. The molecule has 4 aliphatic rings. The van der Waals surface area contributed by atoms with E-state index in [0.717, 1.165) is 77.9 Å². The lowest BCUT2D eigenvalue weighted by Crippen LogP contribution is -2.45. The van der Waals surface area contributed by atoms with E-state index in [0.29, 0.717) is 6.54 Å². The van der Waals surface area contributed by atoms with Gasteiger partial charge in [-0.25, -0.2) is 4.42 Å². The summed E-state index contributed by atoms with van der Waals surface area (Å²) in [4.78, 5) is 4.50. The molecule has 1 fully saturated rings. The molecule has 34 heavy (non-hydrogen) atoms. The lowest BCUT2D eigenvalue weighted by molar-refractivity contribution is 0.174. The predicted molar refractivity (Wildman–Crippen MR) is 137 cm³/mol. The van der Waals surface area contributed by atoms with Crippen LogP contribution in [0.1, 0.15) is 28.3 Å². The van der Waals surface area contributed by atoms with Crippen molar-refractivity contribution in [3.63, 3.8) is 0 Å². The van der Waals surface area contributed by atoms with Gasteiger partial charge < -0.3 is 24.0 Å². The average Bonchev–Trinajstić information content (AvgIpc) is 3.28. The molecule has 4 heterocycles. The highest BCUT2D eigenvalue weighted by atomic mass is 35.6. The Morgan fingerprint density at radius 3 is 2.44 bits per heavy atom. The summed E-state index contributed by atoms with van der Waals surface area (Å²) < 4.78 is 17.3. The minimum atomic E-state index is -1.57.